The zero-order valence-electron chi connectivity index (χ0n) is 8.67. The normalized spacial score (nSPS) is 15.4. The highest BCUT2D eigenvalue weighted by Gasteiger charge is 2.16. The first-order chi connectivity index (χ1) is 4.72. The van der Waals surface area contributed by atoms with Crippen molar-refractivity contribution in [2.45, 2.75) is 26.7 Å². The summed E-state index contributed by atoms with van der Waals surface area (Å²) >= 11 is 0. The number of nitrogens with zero attached hydrogens (tertiary/aromatic N) is 1. The summed E-state index contributed by atoms with van der Waals surface area (Å²) in [6.07, 6.45) is 2.55. The monoisotopic (exact) mass is 213 g/mol. The maximum absolute atomic E-state index is 7.67. The van der Waals surface area contributed by atoms with Gasteiger partial charge >= 0.3 is 1.43 Å². The fourth-order valence-corrected chi connectivity index (χ4v) is 1.32. The van der Waals surface area contributed by atoms with E-state index in [0.29, 0.717) is 5.92 Å². The number of rotatable bonds is 1. The number of nitrogens with one attached hydrogen (secondary N) is 1. The molecule has 0 aromatic rings. The zero-order chi connectivity index (χ0) is 7.56. The first kappa shape index (κ1) is 14.6. The van der Waals surface area contributed by atoms with Crippen molar-refractivity contribution in [3.05, 3.63) is 0 Å². The van der Waals surface area contributed by atoms with Crippen LogP contribution in [-0.2, 0) is 0 Å². The van der Waals surface area contributed by atoms with Crippen LogP contribution in [0.2, 0.25) is 0 Å². The Morgan fingerprint density at radius 1 is 1.25 bits per heavy atom. The van der Waals surface area contributed by atoms with E-state index >= 15 is 0 Å². The van der Waals surface area contributed by atoms with Crippen molar-refractivity contribution in [2.24, 2.45) is 5.92 Å². The standard InChI is InChI=1S/C8H16N2.2ClH/c1-7(2)8(9)10-5-3-4-6-10;;/h7,9H,3-6H2,1-2H3;2*1H/p+1. The van der Waals surface area contributed by atoms with Crippen molar-refractivity contribution in [1.29, 1.82) is 5.41 Å². The van der Waals surface area contributed by atoms with E-state index in [0.717, 1.165) is 18.9 Å². The molecule has 0 aliphatic carbocycles. The molecule has 1 saturated heterocycles. The summed E-state index contributed by atoms with van der Waals surface area (Å²) in [5, 5.41) is 7.67. The molecule has 0 atom stereocenters. The van der Waals surface area contributed by atoms with E-state index in [4.69, 9.17) is 5.41 Å². The average molecular weight is 214 g/mol. The van der Waals surface area contributed by atoms with Crippen molar-refractivity contribution in [3.63, 3.8) is 0 Å². The van der Waals surface area contributed by atoms with Crippen LogP contribution in [0.5, 0.6) is 0 Å². The third kappa shape index (κ3) is 3.63. The lowest BCUT2D eigenvalue weighted by Crippen LogP contribution is -2.30. The topological polar surface area (TPSA) is 27.1 Å². The molecule has 4 heteroatoms. The van der Waals surface area contributed by atoms with Crippen LogP contribution in [0.3, 0.4) is 0 Å². The summed E-state index contributed by atoms with van der Waals surface area (Å²) < 4.78 is 0. The van der Waals surface area contributed by atoms with E-state index in [1.807, 2.05) is 0 Å². The van der Waals surface area contributed by atoms with Gasteiger partial charge < -0.3 is 4.90 Å². The SMILES string of the molecule is CC(C)C(=N)N1CCCC1.Cl.Cl.[H+]. The molecule has 0 bridgehead atoms. The predicted octanol–water partition coefficient (Wildman–Crippen LogP) is 2.67. The summed E-state index contributed by atoms with van der Waals surface area (Å²) in [5.41, 5.74) is 0. The molecule has 0 radical (unpaired) electrons. The minimum Gasteiger partial charge on any atom is -0.360 e. The predicted molar refractivity (Wildman–Crippen MR) is 59.0 cm³/mol. The third-order valence-electron chi connectivity index (χ3n) is 1.99. The molecule has 0 spiro atoms. The highest BCUT2D eigenvalue weighted by atomic mass is 35.5. The Morgan fingerprint density at radius 2 is 1.67 bits per heavy atom. The van der Waals surface area contributed by atoms with Crippen LogP contribution in [-0.4, -0.2) is 23.8 Å². The third-order valence-corrected chi connectivity index (χ3v) is 1.99. The number of hydrogen-bond acceptors (Lipinski definition) is 1. The van der Waals surface area contributed by atoms with Crippen LogP contribution < -0.4 is 0 Å². The van der Waals surface area contributed by atoms with E-state index in [-0.39, 0.29) is 26.2 Å². The highest BCUT2D eigenvalue weighted by Crippen LogP contribution is 2.11. The van der Waals surface area contributed by atoms with Gasteiger partial charge in [0.15, 0.2) is 0 Å². The molecule has 0 aromatic carbocycles. The molecule has 0 saturated carbocycles. The second kappa shape index (κ2) is 6.55. The van der Waals surface area contributed by atoms with E-state index in [1.54, 1.807) is 0 Å². The molecule has 1 aliphatic heterocycles. The molecule has 1 fully saturated rings. The quantitative estimate of drug-likeness (QED) is 0.527. The van der Waals surface area contributed by atoms with Gasteiger partial charge in [0.25, 0.3) is 0 Å². The Bertz CT molecular complexity index is 136. The molecule has 0 aromatic heterocycles. The van der Waals surface area contributed by atoms with Crippen LogP contribution in [0.25, 0.3) is 0 Å². The summed E-state index contributed by atoms with van der Waals surface area (Å²) in [5.74, 6) is 1.22. The molecule has 12 heavy (non-hydrogen) atoms. The van der Waals surface area contributed by atoms with Gasteiger partial charge in [-0.15, -0.1) is 24.8 Å². The Hall–Kier alpha value is 0.0500. The molecule has 2 nitrogen and oxygen atoms in total. The largest absolute Gasteiger partial charge is 1.00 e. The lowest BCUT2D eigenvalue weighted by molar-refractivity contribution is 0.484. The minimum absolute atomic E-state index is 0. The minimum atomic E-state index is 0. The van der Waals surface area contributed by atoms with Crippen molar-refractivity contribution in [2.75, 3.05) is 13.1 Å². The summed E-state index contributed by atoms with van der Waals surface area (Å²) in [4.78, 5) is 2.19. The molecule has 0 unspecified atom stereocenters. The van der Waals surface area contributed by atoms with Gasteiger partial charge in [0, 0.05) is 19.0 Å². The second-order valence-corrected chi connectivity index (χ2v) is 3.23. The van der Waals surface area contributed by atoms with Gasteiger partial charge in [-0.1, -0.05) is 13.8 Å². The van der Waals surface area contributed by atoms with Crippen LogP contribution in [0, 0.1) is 11.3 Å². The number of hydrogen-bond donors (Lipinski definition) is 1. The Labute approximate surface area is 88.5 Å². The van der Waals surface area contributed by atoms with Crippen molar-refractivity contribution in [3.8, 4) is 0 Å². The summed E-state index contributed by atoms with van der Waals surface area (Å²) in [6.45, 7) is 6.38. The Kier molecular flexibility index (Phi) is 7.96. The molecule has 0 amide bonds. The van der Waals surface area contributed by atoms with Crippen molar-refractivity contribution >= 4 is 30.6 Å². The maximum Gasteiger partial charge on any atom is 1.00 e. The molecule has 1 rings (SSSR count). The molecule has 1 N–H and O–H groups in total. The van der Waals surface area contributed by atoms with E-state index in [1.165, 1.54) is 12.8 Å². The van der Waals surface area contributed by atoms with E-state index in [2.05, 4.69) is 18.7 Å². The summed E-state index contributed by atoms with van der Waals surface area (Å²) in [7, 11) is 0. The highest BCUT2D eigenvalue weighted by molar-refractivity contribution is 5.85. The zero-order valence-corrected chi connectivity index (χ0v) is 9.30. The summed E-state index contributed by atoms with van der Waals surface area (Å²) in [6, 6.07) is 0. The average Bonchev–Trinajstić information content (AvgIpc) is 2.36. The molecule has 1 aliphatic rings. The molecule has 1 heterocycles. The molecular formula is C8H19Cl2N2+. The van der Waals surface area contributed by atoms with Crippen molar-refractivity contribution in [1.82, 2.24) is 4.90 Å². The maximum atomic E-state index is 7.67. The fourth-order valence-electron chi connectivity index (χ4n) is 1.32. The van der Waals surface area contributed by atoms with Crippen LogP contribution in [0.15, 0.2) is 0 Å². The van der Waals surface area contributed by atoms with Crippen LogP contribution >= 0.6 is 24.8 Å². The van der Waals surface area contributed by atoms with Gasteiger partial charge in [0.2, 0.25) is 0 Å². The van der Waals surface area contributed by atoms with Gasteiger partial charge in [0.05, 0.1) is 5.84 Å². The number of halogens is 2. The smallest absolute Gasteiger partial charge is 0.360 e. The molecular weight excluding hydrogens is 195 g/mol. The van der Waals surface area contributed by atoms with Gasteiger partial charge in [-0.2, -0.15) is 0 Å². The van der Waals surface area contributed by atoms with Gasteiger partial charge in [0.1, 0.15) is 0 Å². The second-order valence-electron chi connectivity index (χ2n) is 3.23. The van der Waals surface area contributed by atoms with E-state index < -0.39 is 0 Å². The fraction of sp³-hybridized carbons (Fsp3) is 0.875. The Balaban J connectivity index is -0.000000333. The first-order valence-electron chi connectivity index (χ1n) is 4.05. The van der Waals surface area contributed by atoms with Gasteiger partial charge in [-0.3, -0.25) is 5.41 Å². The van der Waals surface area contributed by atoms with Crippen molar-refractivity contribution < 1.29 is 1.43 Å². The van der Waals surface area contributed by atoms with Gasteiger partial charge in [-0.05, 0) is 12.8 Å². The van der Waals surface area contributed by atoms with E-state index in [9.17, 15) is 0 Å². The lowest BCUT2D eigenvalue weighted by atomic mass is 10.2. The van der Waals surface area contributed by atoms with Gasteiger partial charge in [-0.25, -0.2) is 0 Å². The van der Waals surface area contributed by atoms with Crippen LogP contribution in [0.1, 0.15) is 28.1 Å². The lowest BCUT2D eigenvalue weighted by Gasteiger charge is -2.20. The Morgan fingerprint density at radius 3 is 2.00 bits per heavy atom. The number of likely N-dealkylation sites (tertiary alicyclic amines) is 1. The molecule has 74 valence electrons. The van der Waals surface area contributed by atoms with Crippen LogP contribution in [0.4, 0.5) is 0 Å². The first-order valence-corrected chi connectivity index (χ1v) is 4.05. The number of amidine groups is 1.